The number of hydrogen-bond acceptors (Lipinski definition) is 3. The van der Waals surface area contributed by atoms with Crippen molar-refractivity contribution < 1.29 is 5.11 Å². The minimum atomic E-state index is 0.0239. The quantitative estimate of drug-likeness (QED) is 0.738. The fourth-order valence-electron chi connectivity index (χ4n) is 2.75. The van der Waals surface area contributed by atoms with E-state index in [4.69, 9.17) is 0 Å². The molecule has 2 N–H and O–H groups in total. The zero-order valence-corrected chi connectivity index (χ0v) is 11.4. The van der Waals surface area contributed by atoms with Crippen LogP contribution < -0.4 is 5.32 Å². The number of rotatable bonds is 6. The molecule has 0 aromatic rings. The number of aliphatic hydroxyl groups excluding tert-OH is 1. The second-order valence-corrected chi connectivity index (χ2v) is 6.46. The lowest BCUT2D eigenvalue weighted by molar-refractivity contribution is 0.0730. The third-order valence-electron chi connectivity index (χ3n) is 4.20. The van der Waals surface area contributed by atoms with Gasteiger partial charge in [0.15, 0.2) is 0 Å². The average molecular weight is 240 g/mol. The Hall–Kier alpha value is -0.120. The van der Waals surface area contributed by atoms with Crippen molar-refractivity contribution in [1.29, 1.82) is 0 Å². The van der Waals surface area contributed by atoms with Gasteiger partial charge in [-0.2, -0.15) is 0 Å². The molecule has 1 aliphatic carbocycles. The lowest BCUT2D eigenvalue weighted by atomic mass is 9.87. The average Bonchev–Trinajstić information content (AvgIpc) is 3.12. The molecular weight excluding hydrogens is 212 g/mol. The van der Waals surface area contributed by atoms with Gasteiger partial charge >= 0.3 is 0 Å². The highest BCUT2D eigenvalue weighted by molar-refractivity contribution is 4.94. The molecule has 0 radical (unpaired) electrons. The molecule has 0 aromatic heterocycles. The molecule has 2 aliphatic rings. The normalized spacial score (nSPS) is 25.4. The minimum absolute atomic E-state index is 0.0239. The van der Waals surface area contributed by atoms with E-state index >= 15 is 0 Å². The van der Waals surface area contributed by atoms with Crippen LogP contribution in [0.25, 0.3) is 0 Å². The Balaban J connectivity index is 1.76. The highest BCUT2D eigenvalue weighted by atomic mass is 16.3. The van der Waals surface area contributed by atoms with E-state index < -0.39 is 0 Å². The van der Waals surface area contributed by atoms with E-state index in [9.17, 15) is 5.11 Å². The van der Waals surface area contributed by atoms with Crippen LogP contribution in [-0.2, 0) is 0 Å². The molecule has 0 unspecified atom stereocenters. The molecular formula is C14H28N2O. The molecule has 3 nitrogen and oxygen atoms in total. The summed E-state index contributed by atoms with van der Waals surface area (Å²) in [5.41, 5.74) is 0.0239. The van der Waals surface area contributed by atoms with Crippen LogP contribution in [0.15, 0.2) is 0 Å². The molecule has 2 rings (SSSR count). The third kappa shape index (κ3) is 3.94. The van der Waals surface area contributed by atoms with Crippen LogP contribution in [0.1, 0.15) is 39.5 Å². The molecule has 17 heavy (non-hydrogen) atoms. The second kappa shape index (κ2) is 5.68. The van der Waals surface area contributed by atoms with E-state index in [1.54, 1.807) is 0 Å². The Morgan fingerprint density at radius 3 is 2.41 bits per heavy atom. The maximum Gasteiger partial charge on any atom is 0.0614 e. The van der Waals surface area contributed by atoms with Crippen molar-refractivity contribution >= 4 is 0 Å². The summed E-state index contributed by atoms with van der Waals surface area (Å²) in [5.74, 6) is 1.64. The summed E-state index contributed by atoms with van der Waals surface area (Å²) in [6, 6.07) is 0. The topological polar surface area (TPSA) is 35.5 Å². The van der Waals surface area contributed by atoms with E-state index in [0.717, 1.165) is 44.3 Å². The van der Waals surface area contributed by atoms with Gasteiger partial charge in [0.2, 0.25) is 0 Å². The Morgan fingerprint density at radius 2 is 1.94 bits per heavy atom. The first-order valence-electron chi connectivity index (χ1n) is 7.22. The van der Waals surface area contributed by atoms with Gasteiger partial charge in [-0.15, -0.1) is 0 Å². The fourth-order valence-corrected chi connectivity index (χ4v) is 2.75. The molecule has 2 fully saturated rings. The number of aliphatic hydroxyl groups is 1. The van der Waals surface area contributed by atoms with Crippen molar-refractivity contribution in [3.8, 4) is 0 Å². The third-order valence-corrected chi connectivity index (χ3v) is 4.20. The van der Waals surface area contributed by atoms with Gasteiger partial charge in [-0.1, -0.05) is 13.8 Å². The Morgan fingerprint density at radius 1 is 1.29 bits per heavy atom. The summed E-state index contributed by atoms with van der Waals surface area (Å²) in [5, 5.41) is 13.3. The zero-order chi connectivity index (χ0) is 12.3. The zero-order valence-electron chi connectivity index (χ0n) is 11.4. The van der Waals surface area contributed by atoms with E-state index in [1.807, 2.05) is 0 Å². The molecule has 100 valence electrons. The molecule has 1 aliphatic heterocycles. The van der Waals surface area contributed by atoms with Gasteiger partial charge < -0.3 is 15.3 Å². The van der Waals surface area contributed by atoms with E-state index in [-0.39, 0.29) is 5.54 Å². The van der Waals surface area contributed by atoms with Crippen LogP contribution in [0, 0.1) is 11.8 Å². The fraction of sp³-hybridized carbons (Fsp3) is 1.00. The SMILES string of the molecule is CC(C)CN1CCC(CO)(NCC2CC2)CC1. The summed E-state index contributed by atoms with van der Waals surface area (Å²) in [4.78, 5) is 2.54. The molecule has 3 heteroatoms. The van der Waals surface area contributed by atoms with E-state index in [0.29, 0.717) is 6.61 Å². The predicted octanol–water partition coefficient (Wildman–Crippen LogP) is 1.47. The number of nitrogens with zero attached hydrogens (tertiary/aromatic N) is 1. The Bertz CT molecular complexity index is 230. The summed E-state index contributed by atoms with van der Waals surface area (Å²) >= 11 is 0. The van der Waals surface area contributed by atoms with Crippen LogP contribution in [-0.4, -0.2) is 48.3 Å². The number of piperidine rings is 1. The largest absolute Gasteiger partial charge is 0.394 e. The summed E-state index contributed by atoms with van der Waals surface area (Å²) < 4.78 is 0. The number of likely N-dealkylation sites (tertiary alicyclic amines) is 1. The highest BCUT2D eigenvalue weighted by Crippen LogP contribution is 2.30. The van der Waals surface area contributed by atoms with Gasteiger partial charge in [-0.25, -0.2) is 0 Å². The maximum absolute atomic E-state index is 9.66. The standard InChI is InChI=1S/C14H28N2O/c1-12(2)10-16-7-5-14(11-17,6-8-16)15-9-13-3-4-13/h12-13,15,17H,3-11H2,1-2H3. The van der Waals surface area contributed by atoms with Crippen LogP contribution >= 0.6 is 0 Å². The molecule has 0 bridgehead atoms. The van der Waals surface area contributed by atoms with Crippen molar-refractivity contribution in [3.63, 3.8) is 0 Å². The molecule has 0 aromatic carbocycles. The molecule has 0 atom stereocenters. The highest BCUT2D eigenvalue weighted by Gasteiger charge is 2.35. The second-order valence-electron chi connectivity index (χ2n) is 6.46. The maximum atomic E-state index is 9.66. The van der Waals surface area contributed by atoms with E-state index in [1.165, 1.54) is 19.4 Å². The monoisotopic (exact) mass is 240 g/mol. The van der Waals surface area contributed by atoms with Crippen molar-refractivity contribution in [2.75, 3.05) is 32.8 Å². The molecule has 0 amide bonds. The number of hydrogen-bond donors (Lipinski definition) is 2. The summed E-state index contributed by atoms with van der Waals surface area (Å²) in [6.45, 7) is 9.44. The van der Waals surface area contributed by atoms with Crippen molar-refractivity contribution in [3.05, 3.63) is 0 Å². The Kier molecular flexibility index (Phi) is 4.45. The van der Waals surface area contributed by atoms with Crippen LogP contribution in [0.2, 0.25) is 0 Å². The van der Waals surface area contributed by atoms with Crippen LogP contribution in [0.5, 0.6) is 0 Å². The Labute approximate surface area is 106 Å². The van der Waals surface area contributed by atoms with Gasteiger partial charge in [-0.3, -0.25) is 0 Å². The summed E-state index contributed by atoms with van der Waals surface area (Å²) in [7, 11) is 0. The van der Waals surface area contributed by atoms with Crippen molar-refractivity contribution in [2.45, 2.75) is 45.1 Å². The molecule has 0 spiro atoms. The van der Waals surface area contributed by atoms with Crippen LogP contribution in [0.3, 0.4) is 0 Å². The van der Waals surface area contributed by atoms with Gasteiger partial charge in [0.1, 0.15) is 0 Å². The first kappa shape index (κ1) is 13.3. The van der Waals surface area contributed by atoms with Gasteiger partial charge in [0.05, 0.1) is 6.61 Å². The first-order valence-corrected chi connectivity index (χ1v) is 7.22. The molecule has 1 heterocycles. The molecule has 1 saturated heterocycles. The molecule has 1 saturated carbocycles. The smallest absolute Gasteiger partial charge is 0.0614 e. The first-order chi connectivity index (χ1) is 8.13. The van der Waals surface area contributed by atoms with Crippen molar-refractivity contribution in [1.82, 2.24) is 10.2 Å². The number of nitrogens with one attached hydrogen (secondary N) is 1. The van der Waals surface area contributed by atoms with Gasteiger partial charge in [-0.05, 0) is 57.2 Å². The minimum Gasteiger partial charge on any atom is -0.394 e. The van der Waals surface area contributed by atoms with Crippen LogP contribution in [0.4, 0.5) is 0 Å². The van der Waals surface area contributed by atoms with Gasteiger partial charge in [0.25, 0.3) is 0 Å². The summed E-state index contributed by atoms with van der Waals surface area (Å²) in [6.07, 6.45) is 4.97. The van der Waals surface area contributed by atoms with Crippen molar-refractivity contribution in [2.24, 2.45) is 11.8 Å². The van der Waals surface area contributed by atoms with Gasteiger partial charge in [0, 0.05) is 12.1 Å². The predicted molar refractivity (Wildman–Crippen MR) is 71.1 cm³/mol. The lowest BCUT2D eigenvalue weighted by Crippen LogP contribution is -2.56. The lowest BCUT2D eigenvalue weighted by Gasteiger charge is -2.42. The van der Waals surface area contributed by atoms with E-state index in [2.05, 4.69) is 24.1 Å².